The Balaban J connectivity index is 2.24. The van der Waals surface area contributed by atoms with Crippen molar-refractivity contribution in [2.24, 2.45) is 0 Å². The minimum absolute atomic E-state index is 0.0478. The number of phenols is 1. The second-order valence-corrected chi connectivity index (χ2v) is 5.80. The Labute approximate surface area is 132 Å². The normalized spacial score (nSPS) is 10.9. The first-order valence-corrected chi connectivity index (χ1v) is 7.22. The molecule has 0 aliphatic carbocycles. The van der Waals surface area contributed by atoms with E-state index in [0.29, 0.717) is 0 Å². The highest BCUT2D eigenvalue weighted by molar-refractivity contribution is 9.10. The van der Waals surface area contributed by atoms with Crippen LogP contribution in [0.1, 0.15) is 15.9 Å². The van der Waals surface area contributed by atoms with E-state index < -0.39 is 11.6 Å². The van der Waals surface area contributed by atoms with Crippen molar-refractivity contribution in [1.82, 2.24) is 0 Å². The van der Waals surface area contributed by atoms with Gasteiger partial charge in [0.15, 0.2) is 5.78 Å². The van der Waals surface area contributed by atoms with Crippen LogP contribution in [0, 0.1) is 5.82 Å². The van der Waals surface area contributed by atoms with Gasteiger partial charge >= 0.3 is 0 Å². The van der Waals surface area contributed by atoms with E-state index in [1.807, 2.05) is 24.3 Å². The van der Waals surface area contributed by atoms with E-state index in [0.717, 1.165) is 16.1 Å². The Morgan fingerprint density at radius 2 is 1.80 bits per heavy atom. The number of rotatable bonds is 3. The Hall–Kier alpha value is -1.46. The standard InChI is InChI=1S/C15H9Br2FO2/c16-10-4-1-9(2-5-10)3-6-14(19)11-7-12(17)13(18)8-15(11)20/h1-8,20H. The number of carbonyl (C=O) groups excluding carboxylic acids is 1. The highest BCUT2D eigenvalue weighted by atomic mass is 79.9. The van der Waals surface area contributed by atoms with Crippen molar-refractivity contribution in [2.45, 2.75) is 0 Å². The molecule has 2 aromatic carbocycles. The Bertz CT molecular complexity index is 679. The maximum atomic E-state index is 13.2. The third-order valence-corrected chi connectivity index (χ3v) is 3.74. The summed E-state index contributed by atoms with van der Waals surface area (Å²) in [6, 6.07) is 9.57. The molecule has 0 aliphatic rings. The fourth-order valence-electron chi connectivity index (χ4n) is 1.57. The molecule has 0 unspecified atom stereocenters. The molecule has 0 aliphatic heterocycles. The number of carbonyl (C=O) groups is 1. The first kappa shape index (κ1) is 14.9. The van der Waals surface area contributed by atoms with Crippen LogP contribution in [0.3, 0.4) is 0 Å². The van der Waals surface area contributed by atoms with Gasteiger partial charge in [-0.05, 0) is 45.8 Å². The molecule has 0 spiro atoms. The van der Waals surface area contributed by atoms with Crippen LogP contribution in [0.4, 0.5) is 4.39 Å². The zero-order chi connectivity index (χ0) is 14.7. The summed E-state index contributed by atoms with van der Waals surface area (Å²) < 4.78 is 14.3. The molecule has 0 atom stereocenters. The molecular weight excluding hydrogens is 391 g/mol. The predicted molar refractivity (Wildman–Crippen MR) is 83.3 cm³/mol. The first-order chi connectivity index (χ1) is 9.47. The second-order valence-electron chi connectivity index (χ2n) is 4.03. The molecule has 2 rings (SSSR count). The Morgan fingerprint density at radius 3 is 2.45 bits per heavy atom. The van der Waals surface area contributed by atoms with Gasteiger partial charge in [0, 0.05) is 10.5 Å². The summed E-state index contributed by atoms with van der Waals surface area (Å²) >= 11 is 6.31. The van der Waals surface area contributed by atoms with Gasteiger partial charge < -0.3 is 5.11 Å². The maximum absolute atomic E-state index is 13.2. The molecule has 0 fully saturated rings. The van der Waals surface area contributed by atoms with Crippen LogP contribution >= 0.6 is 31.9 Å². The van der Waals surface area contributed by atoms with E-state index in [1.165, 1.54) is 12.1 Å². The van der Waals surface area contributed by atoms with Gasteiger partial charge in [-0.1, -0.05) is 34.1 Å². The molecule has 20 heavy (non-hydrogen) atoms. The van der Waals surface area contributed by atoms with Crippen LogP contribution < -0.4 is 0 Å². The summed E-state index contributed by atoms with van der Waals surface area (Å²) in [4.78, 5) is 12.0. The zero-order valence-electron chi connectivity index (χ0n) is 10.1. The van der Waals surface area contributed by atoms with Crippen LogP contribution in [0.25, 0.3) is 6.08 Å². The van der Waals surface area contributed by atoms with Crippen molar-refractivity contribution in [2.75, 3.05) is 0 Å². The second kappa shape index (κ2) is 6.33. The van der Waals surface area contributed by atoms with Crippen molar-refractivity contribution < 1.29 is 14.3 Å². The van der Waals surface area contributed by atoms with E-state index >= 15 is 0 Å². The average Bonchev–Trinajstić information content (AvgIpc) is 2.42. The summed E-state index contributed by atoms with van der Waals surface area (Å²) in [5.41, 5.74) is 0.897. The van der Waals surface area contributed by atoms with Crippen LogP contribution in [0.5, 0.6) is 5.75 Å². The molecule has 0 saturated heterocycles. The van der Waals surface area contributed by atoms with Crippen molar-refractivity contribution in [1.29, 1.82) is 0 Å². The largest absolute Gasteiger partial charge is 0.507 e. The SMILES string of the molecule is O=C(C=Cc1ccc(Br)cc1)c1cc(Br)c(F)cc1O. The molecule has 5 heteroatoms. The highest BCUT2D eigenvalue weighted by Gasteiger charge is 2.12. The van der Waals surface area contributed by atoms with Gasteiger partial charge in [0.2, 0.25) is 0 Å². The average molecular weight is 400 g/mol. The minimum atomic E-state index is -0.615. The molecule has 0 amide bonds. The van der Waals surface area contributed by atoms with Crippen LogP contribution in [0.15, 0.2) is 51.4 Å². The molecule has 2 nitrogen and oxygen atoms in total. The lowest BCUT2D eigenvalue weighted by Crippen LogP contribution is -1.96. The summed E-state index contributed by atoms with van der Waals surface area (Å²) in [6.07, 6.45) is 2.97. The van der Waals surface area contributed by atoms with E-state index in [1.54, 1.807) is 6.08 Å². The first-order valence-electron chi connectivity index (χ1n) is 5.63. The lowest BCUT2D eigenvalue weighted by atomic mass is 10.1. The molecule has 0 radical (unpaired) electrons. The number of ketones is 1. The number of phenolic OH excluding ortho intramolecular Hbond substituents is 1. The van der Waals surface area contributed by atoms with Crippen LogP contribution in [-0.4, -0.2) is 10.9 Å². The number of allylic oxidation sites excluding steroid dienone is 1. The molecule has 0 saturated carbocycles. The van der Waals surface area contributed by atoms with Gasteiger partial charge in [-0.25, -0.2) is 4.39 Å². The number of benzene rings is 2. The summed E-state index contributed by atoms with van der Waals surface area (Å²) in [5.74, 6) is -1.39. The molecule has 1 N–H and O–H groups in total. The minimum Gasteiger partial charge on any atom is -0.507 e. The Kier molecular flexibility index (Phi) is 4.73. The van der Waals surface area contributed by atoms with E-state index in [2.05, 4.69) is 31.9 Å². The topological polar surface area (TPSA) is 37.3 Å². The summed E-state index contributed by atoms with van der Waals surface area (Å²) in [5, 5.41) is 9.60. The quantitative estimate of drug-likeness (QED) is 0.585. The van der Waals surface area contributed by atoms with Crippen molar-refractivity contribution in [3.05, 3.63) is 68.4 Å². The third kappa shape index (κ3) is 3.55. The van der Waals surface area contributed by atoms with Gasteiger partial charge in [-0.2, -0.15) is 0 Å². The van der Waals surface area contributed by atoms with E-state index in [4.69, 9.17) is 0 Å². The summed E-state index contributed by atoms with van der Waals surface area (Å²) in [7, 11) is 0. The number of hydrogen-bond donors (Lipinski definition) is 1. The van der Waals surface area contributed by atoms with Crippen LogP contribution in [0.2, 0.25) is 0 Å². The van der Waals surface area contributed by atoms with Gasteiger partial charge in [-0.15, -0.1) is 0 Å². The van der Waals surface area contributed by atoms with Gasteiger partial charge in [0.05, 0.1) is 10.0 Å². The van der Waals surface area contributed by atoms with Crippen LogP contribution in [-0.2, 0) is 0 Å². The molecule has 0 bridgehead atoms. The van der Waals surface area contributed by atoms with Crippen molar-refractivity contribution in [3.63, 3.8) is 0 Å². The smallest absolute Gasteiger partial charge is 0.189 e. The van der Waals surface area contributed by atoms with E-state index in [9.17, 15) is 14.3 Å². The molecule has 0 heterocycles. The van der Waals surface area contributed by atoms with Crippen molar-refractivity contribution in [3.8, 4) is 5.75 Å². The lowest BCUT2D eigenvalue weighted by Gasteiger charge is -2.02. The van der Waals surface area contributed by atoms with Crippen molar-refractivity contribution >= 4 is 43.7 Å². The summed E-state index contributed by atoms with van der Waals surface area (Å²) in [6.45, 7) is 0. The lowest BCUT2D eigenvalue weighted by molar-refractivity contribution is 0.104. The van der Waals surface area contributed by atoms with Gasteiger partial charge in [0.1, 0.15) is 11.6 Å². The maximum Gasteiger partial charge on any atom is 0.189 e. The fraction of sp³-hybridized carbons (Fsp3) is 0. The molecular formula is C15H9Br2FO2. The van der Waals surface area contributed by atoms with Gasteiger partial charge in [0.25, 0.3) is 0 Å². The highest BCUT2D eigenvalue weighted by Crippen LogP contribution is 2.26. The van der Waals surface area contributed by atoms with Gasteiger partial charge in [-0.3, -0.25) is 4.79 Å². The molecule has 102 valence electrons. The number of hydrogen-bond acceptors (Lipinski definition) is 2. The predicted octanol–water partition coefficient (Wildman–Crippen LogP) is 4.95. The Morgan fingerprint density at radius 1 is 1.15 bits per heavy atom. The monoisotopic (exact) mass is 398 g/mol. The molecule has 0 aromatic heterocycles. The fourth-order valence-corrected chi connectivity index (χ4v) is 2.18. The number of aromatic hydroxyl groups is 1. The third-order valence-electron chi connectivity index (χ3n) is 2.60. The molecule has 2 aromatic rings. The van der Waals surface area contributed by atoms with E-state index in [-0.39, 0.29) is 15.8 Å². The zero-order valence-corrected chi connectivity index (χ0v) is 13.3. The number of halogens is 3.